The third-order valence-electron chi connectivity index (χ3n) is 3.40. The van der Waals surface area contributed by atoms with E-state index >= 15 is 0 Å². The Labute approximate surface area is 103 Å². The Kier molecular flexibility index (Phi) is 6.01. The highest BCUT2D eigenvalue weighted by atomic mass is 16.4. The van der Waals surface area contributed by atoms with Crippen LogP contribution in [-0.2, 0) is 9.59 Å². The van der Waals surface area contributed by atoms with E-state index in [2.05, 4.69) is 6.92 Å². The van der Waals surface area contributed by atoms with Gasteiger partial charge in [-0.25, -0.2) is 0 Å². The lowest BCUT2D eigenvalue weighted by Crippen LogP contribution is -2.31. The molecule has 1 rings (SSSR count). The van der Waals surface area contributed by atoms with E-state index in [0.717, 1.165) is 31.8 Å². The first-order valence-electron chi connectivity index (χ1n) is 6.59. The number of hydrogen-bond acceptors (Lipinski definition) is 2. The van der Waals surface area contributed by atoms with Crippen LogP contribution >= 0.6 is 0 Å². The van der Waals surface area contributed by atoms with Gasteiger partial charge in [0, 0.05) is 25.9 Å². The van der Waals surface area contributed by atoms with Crippen LogP contribution in [0.3, 0.4) is 0 Å². The first-order valence-corrected chi connectivity index (χ1v) is 6.59. The number of carboxylic acid groups (broad SMARTS) is 1. The highest BCUT2D eigenvalue weighted by molar-refractivity contribution is 5.76. The predicted octanol–water partition coefficient (Wildman–Crippen LogP) is 2.28. The molecular formula is C13H23NO3. The van der Waals surface area contributed by atoms with Gasteiger partial charge in [-0.1, -0.05) is 6.92 Å². The van der Waals surface area contributed by atoms with Crippen LogP contribution in [0, 0.1) is 5.92 Å². The smallest absolute Gasteiger partial charge is 0.303 e. The Morgan fingerprint density at radius 1 is 1.18 bits per heavy atom. The van der Waals surface area contributed by atoms with E-state index in [1.54, 1.807) is 0 Å². The fourth-order valence-electron chi connectivity index (χ4n) is 2.22. The number of carbonyl (C=O) groups excluding carboxylic acids is 1. The van der Waals surface area contributed by atoms with Gasteiger partial charge in [0.2, 0.25) is 5.91 Å². The van der Waals surface area contributed by atoms with Crippen molar-refractivity contribution in [1.82, 2.24) is 4.90 Å². The second-order valence-corrected chi connectivity index (χ2v) is 5.02. The Morgan fingerprint density at radius 3 is 2.59 bits per heavy atom. The van der Waals surface area contributed by atoms with Crippen molar-refractivity contribution in [2.24, 2.45) is 5.92 Å². The summed E-state index contributed by atoms with van der Waals surface area (Å²) in [7, 11) is 0. The van der Waals surface area contributed by atoms with E-state index in [9.17, 15) is 9.59 Å². The summed E-state index contributed by atoms with van der Waals surface area (Å²) in [5.74, 6) is 0.144. The number of rotatable bonds is 5. The fourth-order valence-corrected chi connectivity index (χ4v) is 2.22. The first-order chi connectivity index (χ1) is 8.09. The summed E-state index contributed by atoms with van der Waals surface area (Å²) >= 11 is 0. The van der Waals surface area contributed by atoms with Crippen molar-refractivity contribution in [3.63, 3.8) is 0 Å². The standard InChI is InChI=1S/C13H23NO3/c1-11-5-4-9-14(10-8-11)12(15)6-2-3-7-13(16)17/h11H,2-10H2,1H3,(H,16,17). The van der Waals surface area contributed by atoms with Gasteiger partial charge in [-0.15, -0.1) is 0 Å². The number of likely N-dealkylation sites (tertiary alicyclic amines) is 1. The van der Waals surface area contributed by atoms with Crippen LogP contribution in [-0.4, -0.2) is 35.0 Å². The van der Waals surface area contributed by atoms with E-state index in [0.29, 0.717) is 19.3 Å². The molecule has 98 valence electrons. The zero-order chi connectivity index (χ0) is 12.7. The van der Waals surface area contributed by atoms with Gasteiger partial charge in [0.15, 0.2) is 0 Å². The van der Waals surface area contributed by atoms with E-state index in [1.807, 2.05) is 4.90 Å². The summed E-state index contributed by atoms with van der Waals surface area (Å²) < 4.78 is 0. The molecule has 0 spiro atoms. The summed E-state index contributed by atoms with van der Waals surface area (Å²) in [4.78, 5) is 24.2. The maximum atomic E-state index is 11.9. The second kappa shape index (κ2) is 7.30. The largest absolute Gasteiger partial charge is 0.481 e. The number of carbonyl (C=O) groups is 2. The zero-order valence-corrected chi connectivity index (χ0v) is 10.7. The van der Waals surface area contributed by atoms with Crippen molar-refractivity contribution in [3.8, 4) is 0 Å². The first kappa shape index (κ1) is 14.0. The minimum absolute atomic E-state index is 0.171. The maximum Gasteiger partial charge on any atom is 0.303 e. The minimum Gasteiger partial charge on any atom is -0.481 e. The van der Waals surface area contributed by atoms with Gasteiger partial charge in [-0.3, -0.25) is 9.59 Å². The maximum absolute atomic E-state index is 11.9. The minimum atomic E-state index is -0.777. The van der Waals surface area contributed by atoms with E-state index < -0.39 is 5.97 Å². The van der Waals surface area contributed by atoms with E-state index in [-0.39, 0.29) is 12.3 Å². The van der Waals surface area contributed by atoms with Crippen molar-refractivity contribution in [3.05, 3.63) is 0 Å². The van der Waals surface area contributed by atoms with Gasteiger partial charge >= 0.3 is 5.97 Å². The molecule has 1 unspecified atom stereocenters. The average Bonchev–Trinajstić information content (AvgIpc) is 2.49. The number of unbranched alkanes of at least 4 members (excludes halogenated alkanes) is 1. The zero-order valence-electron chi connectivity index (χ0n) is 10.7. The molecule has 0 bridgehead atoms. The van der Waals surface area contributed by atoms with Crippen LogP contribution in [0.5, 0.6) is 0 Å². The normalized spacial score (nSPS) is 21.0. The van der Waals surface area contributed by atoms with E-state index in [1.165, 1.54) is 6.42 Å². The summed E-state index contributed by atoms with van der Waals surface area (Å²) in [5.41, 5.74) is 0. The summed E-state index contributed by atoms with van der Waals surface area (Å²) in [6.07, 6.45) is 5.38. The number of amides is 1. The highest BCUT2D eigenvalue weighted by Gasteiger charge is 2.17. The van der Waals surface area contributed by atoms with Crippen LogP contribution in [0.2, 0.25) is 0 Å². The van der Waals surface area contributed by atoms with Gasteiger partial charge in [-0.2, -0.15) is 0 Å². The molecule has 17 heavy (non-hydrogen) atoms. The third kappa shape index (κ3) is 5.71. The second-order valence-electron chi connectivity index (χ2n) is 5.02. The van der Waals surface area contributed by atoms with Gasteiger partial charge in [0.1, 0.15) is 0 Å². The van der Waals surface area contributed by atoms with E-state index in [4.69, 9.17) is 5.11 Å². The molecule has 1 amide bonds. The van der Waals surface area contributed by atoms with Crippen molar-refractivity contribution in [1.29, 1.82) is 0 Å². The molecule has 4 nitrogen and oxygen atoms in total. The number of hydrogen-bond donors (Lipinski definition) is 1. The monoisotopic (exact) mass is 241 g/mol. The Morgan fingerprint density at radius 2 is 1.88 bits per heavy atom. The number of carboxylic acids is 1. The molecule has 1 fully saturated rings. The lowest BCUT2D eigenvalue weighted by molar-refractivity contribution is -0.137. The van der Waals surface area contributed by atoms with Crippen LogP contribution < -0.4 is 0 Å². The van der Waals surface area contributed by atoms with Crippen molar-refractivity contribution >= 4 is 11.9 Å². The topological polar surface area (TPSA) is 57.6 Å². The molecule has 0 aromatic heterocycles. The lowest BCUT2D eigenvalue weighted by atomic mass is 10.0. The van der Waals surface area contributed by atoms with Crippen LogP contribution in [0.1, 0.15) is 51.9 Å². The van der Waals surface area contributed by atoms with Crippen molar-refractivity contribution < 1.29 is 14.7 Å². The summed E-state index contributed by atoms with van der Waals surface area (Å²) in [5, 5.41) is 8.50. The molecule has 0 radical (unpaired) electrons. The predicted molar refractivity (Wildman–Crippen MR) is 65.7 cm³/mol. The lowest BCUT2D eigenvalue weighted by Gasteiger charge is -2.20. The van der Waals surface area contributed by atoms with Gasteiger partial charge < -0.3 is 10.0 Å². The SMILES string of the molecule is CC1CCCN(C(=O)CCCCC(=O)O)CC1. The molecule has 1 N–H and O–H groups in total. The van der Waals surface area contributed by atoms with Gasteiger partial charge in [-0.05, 0) is 38.0 Å². The molecule has 0 aromatic rings. The van der Waals surface area contributed by atoms with Crippen LogP contribution in [0.25, 0.3) is 0 Å². The van der Waals surface area contributed by atoms with Crippen molar-refractivity contribution in [2.45, 2.75) is 51.9 Å². The molecule has 1 saturated heterocycles. The quantitative estimate of drug-likeness (QED) is 0.751. The highest BCUT2D eigenvalue weighted by Crippen LogP contribution is 2.17. The summed E-state index contributed by atoms with van der Waals surface area (Å²) in [6, 6.07) is 0. The Hall–Kier alpha value is -1.06. The van der Waals surface area contributed by atoms with Gasteiger partial charge in [0.05, 0.1) is 0 Å². The van der Waals surface area contributed by atoms with Crippen LogP contribution in [0.15, 0.2) is 0 Å². The molecule has 0 aromatic carbocycles. The number of aliphatic carboxylic acids is 1. The Bertz CT molecular complexity index is 265. The molecule has 0 saturated carbocycles. The Balaban J connectivity index is 2.20. The molecular weight excluding hydrogens is 218 g/mol. The molecule has 0 aliphatic carbocycles. The molecule has 1 aliphatic rings. The van der Waals surface area contributed by atoms with Crippen molar-refractivity contribution in [2.75, 3.05) is 13.1 Å². The fraction of sp³-hybridized carbons (Fsp3) is 0.846. The molecule has 1 atom stereocenters. The van der Waals surface area contributed by atoms with Crippen LogP contribution in [0.4, 0.5) is 0 Å². The number of nitrogens with zero attached hydrogens (tertiary/aromatic N) is 1. The third-order valence-corrected chi connectivity index (χ3v) is 3.40. The molecule has 4 heteroatoms. The molecule has 1 aliphatic heterocycles. The average molecular weight is 241 g/mol. The molecule has 1 heterocycles. The summed E-state index contributed by atoms with van der Waals surface area (Å²) in [6.45, 7) is 3.99. The van der Waals surface area contributed by atoms with Gasteiger partial charge in [0.25, 0.3) is 0 Å².